The molecule has 3 rings (SSSR count). The molecule has 1 aliphatic heterocycles. The normalized spacial score (nSPS) is 16.6. The fraction of sp³-hybridized carbons (Fsp3) is 0.556. The van der Waals surface area contributed by atoms with Gasteiger partial charge in [-0.3, -0.25) is 9.48 Å². The molecule has 1 saturated heterocycles. The molecule has 1 fully saturated rings. The van der Waals surface area contributed by atoms with Crippen LogP contribution in [0.15, 0.2) is 15.4 Å². The number of aromatic nitrogens is 2. The topological polar surface area (TPSA) is 88.7 Å². The lowest BCUT2D eigenvalue weighted by molar-refractivity contribution is 0.0762. The summed E-state index contributed by atoms with van der Waals surface area (Å²) in [6, 6.07) is 1.74. The number of rotatable bonds is 3. The van der Waals surface area contributed by atoms with E-state index in [1.807, 2.05) is 0 Å². The number of furan rings is 1. The van der Waals surface area contributed by atoms with Gasteiger partial charge >= 0.3 is 0 Å². The van der Waals surface area contributed by atoms with Crippen molar-refractivity contribution < 1.29 is 17.6 Å². The van der Waals surface area contributed by atoms with E-state index in [4.69, 9.17) is 4.42 Å². The highest BCUT2D eigenvalue weighted by molar-refractivity contribution is 7.89. The molecule has 0 radical (unpaired) electrons. The zero-order valence-electron chi connectivity index (χ0n) is 16.4. The van der Waals surface area contributed by atoms with E-state index in [9.17, 15) is 13.2 Å². The molecule has 3 heterocycles. The highest BCUT2D eigenvalue weighted by atomic mass is 32.2. The largest absolute Gasteiger partial charge is 0.466 e. The Morgan fingerprint density at radius 3 is 2.37 bits per heavy atom. The number of carbonyl (C=O) groups excluding carboxylic acids is 1. The third-order valence-corrected chi connectivity index (χ3v) is 7.21. The zero-order chi connectivity index (χ0) is 19.9. The van der Waals surface area contributed by atoms with Gasteiger partial charge in [0.25, 0.3) is 5.91 Å². The molecule has 27 heavy (non-hydrogen) atoms. The Labute approximate surface area is 159 Å². The van der Waals surface area contributed by atoms with Crippen LogP contribution in [-0.4, -0.2) is 59.5 Å². The van der Waals surface area contributed by atoms with Crippen molar-refractivity contribution in [3.8, 4) is 0 Å². The Bertz CT molecular complexity index is 974. The SMILES string of the molecule is Cc1cc(C(=O)N2CCCN(S(=O)(=O)c3c(C)nn(C)c3C)CC2)c(C)o1. The number of sulfonamides is 1. The standard InChI is InChI=1S/C18H26N4O4S/c1-12-11-16(15(4)26-12)18(23)21-7-6-8-22(10-9-21)27(24,25)17-13(2)19-20(5)14(17)3/h11H,6-10H2,1-5H3. The van der Waals surface area contributed by atoms with Gasteiger partial charge in [0.2, 0.25) is 10.0 Å². The molecule has 2 aromatic heterocycles. The van der Waals surface area contributed by atoms with Crippen molar-refractivity contribution >= 4 is 15.9 Å². The minimum Gasteiger partial charge on any atom is -0.466 e. The summed E-state index contributed by atoms with van der Waals surface area (Å²) in [4.78, 5) is 14.8. The van der Waals surface area contributed by atoms with Gasteiger partial charge in [0.15, 0.2) is 0 Å². The molecule has 0 aromatic carbocycles. The van der Waals surface area contributed by atoms with Crippen LogP contribution in [0, 0.1) is 27.7 Å². The average Bonchev–Trinajstić information content (AvgIpc) is 2.93. The first-order chi connectivity index (χ1) is 12.6. The number of nitrogens with zero attached hydrogens (tertiary/aromatic N) is 4. The highest BCUT2D eigenvalue weighted by Gasteiger charge is 2.33. The maximum Gasteiger partial charge on any atom is 0.257 e. The molecule has 0 atom stereocenters. The predicted molar refractivity (Wildman–Crippen MR) is 100 cm³/mol. The first-order valence-electron chi connectivity index (χ1n) is 8.99. The summed E-state index contributed by atoms with van der Waals surface area (Å²) >= 11 is 0. The third-order valence-electron chi connectivity index (χ3n) is 5.05. The van der Waals surface area contributed by atoms with Gasteiger partial charge in [0.05, 0.1) is 17.0 Å². The molecule has 1 amide bonds. The molecule has 0 N–H and O–H groups in total. The first-order valence-corrected chi connectivity index (χ1v) is 10.4. The van der Waals surface area contributed by atoms with E-state index in [-0.39, 0.29) is 17.3 Å². The summed E-state index contributed by atoms with van der Waals surface area (Å²) in [5, 5.41) is 4.23. The lowest BCUT2D eigenvalue weighted by Crippen LogP contribution is -2.37. The second kappa shape index (κ2) is 7.12. The van der Waals surface area contributed by atoms with Gasteiger partial charge in [-0.05, 0) is 40.2 Å². The van der Waals surface area contributed by atoms with Crippen molar-refractivity contribution in [1.29, 1.82) is 0 Å². The minimum atomic E-state index is -3.65. The summed E-state index contributed by atoms with van der Waals surface area (Å²) in [5.41, 5.74) is 1.66. The maximum absolute atomic E-state index is 13.2. The molecule has 9 heteroatoms. The zero-order valence-corrected chi connectivity index (χ0v) is 17.3. The second-order valence-corrected chi connectivity index (χ2v) is 8.88. The molecule has 2 aromatic rings. The second-order valence-electron chi connectivity index (χ2n) is 7.00. The van der Waals surface area contributed by atoms with Gasteiger partial charge < -0.3 is 9.32 Å². The summed E-state index contributed by atoms with van der Waals surface area (Å²) in [6.45, 7) is 8.53. The number of hydrogen-bond acceptors (Lipinski definition) is 5. The van der Waals surface area contributed by atoms with Crippen LogP contribution >= 0.6 is 0 Å². The Morgan fingerprint density at radius 2 is 1.81 bits per heavy atom. The van der Waals surface area contributed by atoms with Crippen molar-refractivity contribution in [2.45, 2.75) is 39.0 Å². The van der Waals surface area contributed by atoms with Crippen LogP contribution in [0.4, 0.5) is 0 Å². The van der Waals surface area contributed by atoms with Crippen LogP contribution in [0.1, 0.15) is 39.7 Å². The van der Waals surface area contributed by atoms with Crippen molar-refractivity contribution in [1.82, 2.24) is 19.0 Å². The van der Waals surface area contributed by atoms with Gasteiger partial charge in [-0.15, -0.1) is 0 Å². The maximum atomic E-state index is 13.2. The monoisotopic (exact) mass is 394 g/mol. The fourth-order valence-corrected chi connectivity index (χ4v) is 5.48. The molecule has 0 spiro atoms. The molecule has 1 aliphatic rings. The highest BCUT2D eigenvalue weighted by Crippen LogP contribution is 2.24. The van der Waals surface area contributed by atoms with Gasteiger partial charge in [-0.25, -0.2) is 8.42 Å². The van der Waals surface area contributed by atoms with Gasteiger partial charge in [0, 0.05) is 33.2 Å². The molecule has 0 unspecified atom stereocenters. The quantitative estimate of drug-likeness (QED) is 0.792. The average molecular weight is 394 g/mol. The van der Waals surface area contributed by atoms with Crippen LogP contribution in [0.3, 0.4) is 0 Å². The Morgan fingerprint density at radius 1 is 1.11 bits per heavy atom. The predicted octanol–water partition coefficient (Wildman–Crippen LogP) is 1.78. The molecule has 0 saturated carbocycles. The van der Waals surface area contributed by atoms with Crippen LogP contribution in [0.5, 0.6) is 0 Å². The molecule has 0 bridgehead atoms. The van der Waals surface area contributed by atoms with Crippen molar-refractivity contribution in [2.24, 2.45) is 7.05 Å². The fourth-order valence-electron chi connectivity index (χ4n) is 3.61. The Kier molecular flexibility index (Phi) is 5.18. The summed E-state index contributed by atoms with van der Waals surface area (Å²) in [6.07, 6.45) is 0.583. The van der Waals surface area contributed by atoms with E-state index in [1.54, 1.807) is 50.4 Å². The van der Waals surface area contributed by atoms with Crippen molar-refractivity contribution in [2.75, 3.05) is 26.2 Å². The van der Waals surface area contributed by atoms with Crippen LogP contribution < -0.4 is 0 Å². The van der Waals surface area contributed by atoms with E-state index in [2.05, 4.69) is 5.10 Å². The van der Waals surface area contributed by atoms with E-state index < -0.39 is 10.0 Å². The molecule has 8 nitrogen and oxygen atoms in total. The van der Waals surface area contributed by atoms with Gasteiger partial charge in [-0.2, -0.15) is 9.40 Å². The summed E-state index contributed by atoms with van der Waals surface area (Å²) < 4.78 is 34.8. The van der Waals surface area contributed by atoms with Crippen LogP contribution in [0.2, 0.25) is 0 Å². The van der Waals surface area contributed by atoms with E-state index in [0.29, 0.717) is 54.5 Å². The molecule has 148 valence electrons. The molecule has 0 aliphatic carbocycles. The van der Waals surface area contributed by atoms with Crippen LogP contribution in [-0.2, 0) is 17.1 Å². The number of aryl methyl sites for hydroxylation is 4. The number of carbonyl (C=O) groups is 1. The summed E-state index contributed by atoms with van der Waals surface area (Å²) in [5.74, 6) is 1.17. The lowest BCUT2D eigenvalue weighted by atomic mass is 10.2. The van der Waals surface area contributed by atoms with Crippen molar-refractivity contribution in [3.63, 3.8) is 0 Å². The Balaban J connectivity index is 1.80. The van der Waals surface area contributed by atoms with E-state index in [1.165, 1.54) is 4.31 Å². The Hall–Kier alpha value is -2.13. The summed E-state index contributed by atoms with van der Waals surface area (Å²) in [7, 11) is -1.91. The molecular weight excluding hydrogens is 368 g/mol. The van der Waals surface area contributed by atoms with E-state index >= 15 is 0 Å². The number of amides is 1. The minimum absolute atomic E-state index is 0.114. The van der Waals surface area contributed by atoms with Gasteiger partial charge in [0.1, 0.15) is 16.4 Å². The first kappa shape index (κ1) is 19.6. The lowest BCUT2D eigenvalue weighted by Gasteiger charge is -2.22. The van der Waals surface area contributed by atoms with Gasteiger partial charge in [-0.1, -0.05) is 0 Å². The van der Waals surface area contributed by atoms with Crippen molar-refractivity contribution in [3.05, 3.63) is 34.5 Å². The van der Waals surface area contributed by atoms with Crippen LogP contribution in [0.25, 0.3) is 0 Å². The third kappa shape index (κ3) is 3.53. The molecular formula is C18H26N4O4S. The van der Waals surface area contributed by atoms with E-state index in [0.717, 1.165) is 0 Å². The number of hydrogen-bond donors (Lipinski definition) is 0. The smallest absolute Gasteiger partial charge is 0.257 e.